The van der Waals surface area contributed by atoms with Gasteiger partial charge in [0.25, 0.3) is 5.91 Å². The molecule has 9 nitrogen and oxygen atoms in total. The quantitative estimate of drug-likeness (QED) is 0.340. The van der Waals surface area contributed by atoms with Crippen molar-refractivity contribution in [1.29, 1.82) is 0 Å². The van der Waals surface area contributed by atoms with Gasteiger partial charge in [-0.1, -0.05) is 30.3 Å². The average Bonchev–Trinajstić information content (AvgIpc) is 2.86. The predicted molar refractivity (Wildman–Crippen MR) is 135 cm³/mol. The Bertz CT molecular complexity index is 1270. The van der Waals surface area contributed by atoms with Crippen LogP contribution in [-0.2, 0) is 16.6 Å². The minimum Gasteiger partial charge on any atom is -0.493 e. The van der Waals surface area contributed by atoms with Crippen LogP contribution in [0.25, 0.3) is 0 Å². The van der Waals surface area contributed by atoms with Gasteiger partial charge in [0.05, 0.1) is 46.0 Å². The van der Waals surface area contributed by atoms with Gasteiger partial charge in [0.1, 0.15) is 0 Å². The lowest BCUT2D eigenvalue weighted by Gasteiger charge is -2.22. The van der Waals surface area contributed by atoms with Crippen molar-refractivity contribution >= 4 is 27.8 Å². The van der Waals surface area contributed by atoms with E-state index in [1.165, 1.54) is 31.8 Å². The van der Waals surface area contributed by atoms with Crippen molar-refractivity contribution in [1.82, 2.24) is 5.43 Å². The second-order valence-electron chi connectivity index (χ2n) is 7.46. The minimum absolute atomic E-state index is 0.185. The second-order valence-corrected chi connectivity index (χ2v) is 9.37. The number of anilines is 1. The van der Waals surface area contributed by atoms with Crippen LogP contribution in [0.4, 0.5) is 5.69 Å². The summed E-state index contributed by atoms with van der Waals surface area (Å²) in [5.74, 6) is 0.920. The van der Waals surface area contributed by atoms with Crippen molar-refractivity contribution in [2.75, 3.05) is 31.9 Å². The van der Waals surface area contributed by atoms with Gasteiger partial charge in [0.2, 0.25) is 15.8 Å². The number of methoxy groups -OCH3 is 3. The molecule has 0 aromatic heterocycles. The Morgan fingerprint density at radius 2 is 1.54 bits per heavy atom. The molecule has 0 aliphatic heterocycles. The average molecular weight is 498 g/mol. The second kappa shape index (κ2) is 11.4. The molecule has 0 atom stereocenters. The van der Waals surface area contributed by atoms with Crippen molar-refractivity contribution < 1.29 is 27.4 Å². The summed E-state index contributed by atoms with van der Waals surface area (Å²) >= 11 is 0. The number of nitrogens with one attached hydrogen (secondary N) is 1. The number of sulfonamides is 1. The van der Waals surface area contributed by atoms with Crippen LogP contribution >= 0.6 is 0 Å². The Morgan fingerprint density at radius 1 is 0.943 bits per heavy atom. The van der Waals surface area contributed by atoms with Gasteiger partial charge >= 0.3 is 0 Å². The van der Waals surface area contributed by atoms with E-state index in [-0.39, 0.29) is 6.54 Å². The minimum atomic E-state index is -3.53. The zero-order valence-corrected chi connectivity index (χ0v) is 20.7. The summed E-state index contributed by atoms with van der Waals surface area (Å²) in [6.07, 6.45) is 2.59. The van der Waals surface area contributed by atoms with Crippen LogP contribution in [-0.4, -0.2) is 48.1 Å². The van der Waals surface area contributed by atoms with Crippen molar-refractivity contribution in [3.05, 3.63) is 83.4 Å². The van der Waals surface area contributed by atoms with E-state index in [1.807, 2.05) is 30.3 Å². The van der Waals surface area contributed by atoms with Gasteiger partial charge in [-0.15, -0.1) is 0 Å². The summed E-state index contributed by atoms with van der Waals surface area (Å²) in [4.78, 5) is 12.5. The lowest BCUT2D eigenvalue weighted by Crippen LogP contribution is -2.29. The molecule has 3 aromatic rings. The Hall–Kier alpha value is -4.05. The van der Waals surface area contributed by atoms with Gasteiger partial charge < -0.3 is 14.2 Å². The van der Waals surface area contributed by atoms with E-state index < -0.39 is 15.9 Å². The number of rotatable bonds is 10. The molecule has 0 saturated heterocycles. The molecular formula is C25H27N3O6S. The SMILES string of the molecule is COc1cc(/C=N\NC(=O)c2ccc(N(Cc3ccccc3)S(C)(=O)=O)cc2)cc(OC)c1OC. The van der Waals surface area contributed by atoms with E-state index in [0.29, 0.717) is 34.1 Å². The van der Waals surface area contributed by atoms with Crippen molar-refractivity contribution in [3.8, 4) is 17.2 Å². The van der Waals surface area contributed by atoms with Gasteiger partial charge in [-0.05, 0) is 42.0 Å². The molecular weight excluding hydrogens is 470 g/mol. The Morgan fingerprint density at radius 3 is 2.06 bits per heavy atom. The molecule has 0 aliphatic rings. The summed E-state index contributed by atoms with van der Waals surface area (Å²) in [7, 11) is 0.996. The number of hydrazone groups is 1. The highest BCUT2D eigenvalue weighted by Gasteiger charge is 2.18. The van der Waals surface area contributed by atoms with E-state index in [9.17, 15) is 13.2 Å². The van der Waals surface area contributed by atoms with Gasteiger partial charge in [-0.3, -0.25) is 9.10 Å². The molecule has 0 saturated carbocycles. The first kappa shape index (κ1) is 25.6. The molecule has 0 bridgehead atoms. The van der Waals surface area contributed by atoms with Crippen LogP contribution in [0, 0.1) is 0 Å². The van der Waals surface area contributed by atoms with Gasteiger partial charge in [-0.2, -0.15) is 5.10 Å². The lowest BCUT2D eigenvalue weighted by molar-refractivity contribution is 0.0955. The standard InChI is InChI=1S/C25H27N3O6S/c1-32-22-14-19(15-23(33-2)24(22)34-3)16-26-27-25(29)20-10-12-21(13-11-20)28(35(4,30)31)17-18-8-6-5-7-9-18/h5-16H,17H2,1-4H3,(H,27,29)/b26-16-. The van der Waals surface area contributed by atoms with Crippen LogP contribution in [0.15, 0.2) is 71.8 Å². The monoisotopic (exact) mass is 497 g/mol. The van der Waals surface area contributed by atoms with Crippen LogP contribution in [0.1, 0.15) is 21.5 Å². The van der Waals surface area contributed by atoms with Crippen LogP contribution in [0.5, 0.6) is 17.2 Å². The van der Waals surface area contributed by atoms with Gasteiger partial charge in [0, 0.05) is 11.1 Å². The first-order valence-corrected chi connectivity index (χ1v) is 12.4. The highest BCUT2D eigenvalue weighted by atomic mass is 32.2. The molecule has 0 unspecified atom stereocenters. The highest BCUT2D eigenvalue weighted by Crippen LogP contribution is 2.37. The van der Waals surface area contributed by atoms with Crippen molar-refractivity contribution in [2.45, 2.75) is 6.54 Å². The van der Waals surface area contributed by atoms with Crippen molar-refractivity contribution in [3.63, 3.8) is 0 Å². The van der Waals surface area contributed by atoms with E-state index >= 15 is 0 Å². The molecule has 3 aromatic carbocycles. The predicted octanol–water partition coefficient (Wildman–Crippen LogP) is 3.44. The Balaban J connectivity index is 1.73. The molecule has 0 aliphatic carbocycles. The third-order valence-electron chi connectivity index (χ3n) is 5.05. The summed E-state index contributed by atoms with van der Waals surface area (Å²) < 4.78 is 41.9. The Labute approximate surface area is 205 Å². The topological polar surface area (TPSA) is 107 Å². The van der Waals surface area contributed by atoms with E-state index in [2.05, 4.69) is 10.5 Å². The smallest absolute Gasteiger partial charge is 0.271 e. The number of carbonyl (C=O) groups excluding carboxylic acids is 1. The zero-order valence-electron chi connectivity index (χ0n) is 19.9. The maximum absolute atomic E-state index is 12.5. The first-order valence-electron chi connectivity index (χ1n) is 10.5. The number of nitrogens with zero attached hydrogens (tertiary/aromatic N) is 2. The lowest BCUT2D eigenvalue weighted by atomic mass is 10.2. The van der Waals surface area contributed by atoms with Crippen LogP contribution in [0.3, 0.4) is 0 Å². The summed E-state index contributed by atoms with van der Waals surface area (Å²) in [5, 5.41) is 3.99. The van der Waals surface area contributed by atoms with Gasteiger partial charge in [-0.25, -0.2) is 13.8 Å². The number of hydrogen-bond acceptors (Lipinski definition) is 7. The van der Waals surface area contributed by atoms with Crippen LogP contribution in [0.2, 0.25) is 0 Å². The molecule has 0 heterocycles. The summed E-state index contributed by atoms with van der Waals surface area (Å²) in [6.45, 7) is 0.185. The van der Waals surface area contributed by atoms with E-state index in [0.717, 1.165) is 11.8 Å². The molecule has 0 fully saturated rings. The first-order chi connectivity index (χ1) is 16.8. The fourth-order valence-electron chi connectivity index (χ4n) is 3.33. The number of carbonyl (C=O) groups is 1. The van der Waals surface area contributed by atoms with E-state index in [1.54, 1.807) is 36.4 Å². The number of hydrogen-bond donors (Lipinski definition) is 1. The van der Waals surface area contributed by atoms with Crippen molar-refractivity contribution in [2.24, 2.45) is 5.10 Å². The molecule has 35 heavy (non-hydrogen) atoms. The third kappa shape index (κ3) is 6.51. The summed E-state index contributed by atoms with van der Waals surface area (Å²) in [5.41, 5.74) is 4.70. The molecule has 10 heteroatoms. The molecule has 3 rings (SSSR count). The number of ether oxygens (including phenoxy) is 3. The maximum atomic E-state index is 12.5. The normalized spacial score (nSPS) is 11.2. The summed E-state index contributed by atoms with van der Waals surface area (Å²) in [6, 6.07) is 18.9. The highest BCUT2D eigenvalue weighted by molar-refractivity contribution is 7.92. The number of amides is 1. The molecule has 0 radical (unpaired) electrons. The maximum Gasteiger partial charge on any atom is 0.271 e. The Kier molecular flexibility index (Phi) is 8.32. The largest absolute Gasteiger partial charge is 0.493 e. The molecule has 184 valence electrons. The molecule has 1 N–H and O–H groups in total. The van der Waals surface area contributed by atoms with Crippen LogP contribution < -0.4 is 23.9 Å². The van der Waals surface area contributed by atoms with E-state index in [4.69, 9.17) is 14.2 Å². The fraction of sp³-hybridized carbons (Fsp3) is 0.200. The van der Waals surface area contributed by atoms with Gasteiger partial charge in [0.15, 0.2) is 11.5 Å². The fourth-order valence-corrected chi connectivity index (χ4v) is 4.22. The zero-order chi connectivity index (χ0) is 25.4. The third-order valence-corrected chi connectivity index (χ3v) is 6.19. The molecule has 0 spiro atoms. The molecule has 1 amide bonds. The number of benzene rings is 3.